The number of nitrogens with one attached hydrogen (secondary N) is 3. The van der Waals surface area contributed by atoms with E-state index in [1.165, 1.54) is 0 Å². The van der Waals surface area contributed by atoms with Crippen LogP contribution in [0.3, 0.4) is 0 Å². The van der Waals surface area contributed by atoms with Gasteiger partial charge in [-0.3, -0.25) is 9.69 Å². The Hall–Kier alpha value is -0.690. The summed E-state index contributed by atoms with van der Waals surface area (Å²) in [6, 6.07) is 0. The van der Waals surface area contributed by atoms with E-state index in [9.17, 15) is 4.79 Å². The van der Waals surface area contributed by atoms with Crippen LogP contribution in [0.4, 0.5) is 0 Å². The van der Waals surface area contributed by atoms with Crippen molar-refractivity contribution >= 4 is 5.97 Å². The quantitative estimate of drug-likeness (QED) is 0.614. The molecule has 6 heteroatoms. The monoisotopic (exact) mass is 300 g/mol. The Morgan fingerprint density at radius 1 is 0.952 bits per heavy atom. The Morgan fingerprint density at radius 3 is 2.14 bits per heavy atom. The summed E-state index contributed by atoms with van der Waals surface area (Å²) in [6.07, 6.45) is 1.04. The minimum atomic E-state index is -0.410. The zero-order valence-electron chi connectivity index (χ0n) is 13.8. The summed E-state index contributed by atoms with van der Waals surface area (Å²) in [6.45, 7) is 13.7. The number of hydrogen-bond acceptors (Lipinski definition) is 6. The van der Waals surface area contributed by atoms with Gasteiger partial charge in [-0.1, -0.05) is 0 Å². The molecule has 0 saturated carbocycles. The number of carbonyl (C=O) groups excluding carboxylic acids is 1. The number of ether oxygens (including phenoxy) is 1. The van der Waals surface area contributed by atoms with E-state index in [0.717, 1.165) is 58.8 Å². The van der Waals surface area contributed by atoms with Gasteiger partial charge >= 0.3 is 5.97 Å². The van der Waals surface area contributed by atoms with E-state index in [0.29, 0.717) is 6.54 Å². The van der Waals surface area contributed by atoms with Crippen molar-refractivity contribution in [1.82, 2.24) is 20.9 Å². The average Bonchev–Trinajstić information content (AvgIpc) is 2.38. The van der Waals surface area contributed by atoms with E-state index in [4.69, 9.17) is 4.74 Å². The predicted octanol–water partition coefficient (Wildman–Crippen LogP) is -0.197. The van der Waals surface area contributed by atoms with E-state index in [2.05, 4.69) is 20.9 Å². The molecule has 1 rings (SSSR count). The SMILES string of the molecule is CC(C)(C)OC(=O)CN1CCCNCCNCCNCC1. The van der Waals surface area contributed by atoms with Crippen LogP contribution >= 0.6 is 0 Å². The number of esters is 1. The smallest absolute Gasteiger partial charge is 0.320 e. The molecule has 1 aliphatic rings. The molecule has 6 nitrogen and oxygen atoms in total. The molecule has 0 radical (unpaired) electrons. The van der Waals surface area contributed by atoms with Crippen LogP contribution in [0.5, 0.6) is 0 Å². The highest BCUT2D eigenvalue weighted by Crippen LogP contribution is 2.07. The maximum absolute atomic E-state index is 11.9. The molecule has 0 aromatic heterocycles. The molecule has 0 unspecified atom stereocenters. The fourth-order valence-electron chi connectivity index (χ4n) is 2.22. The van der Waals surface area contributed by atoms with Gasteiger partial charge < -0.3 is 20.7 Å². The summed E-state index contributed by atoms with van der Waals surface area (Å²) < 4.78 is 5.41. The highest BCUT2D eigenvalue weighted by molar-refractivity contribution is 5.72. The lowest BCUT2D eigenvalue weighted by molar-refractivity contribution is -0.156. The highest BCUT2D eigenvalue weighted by Gasteiger charge is 2.18. The Kier molecular flexibility index (Phi) is 8.84. The number of carbonyl (C=O) groups is 1. The van der Waals surface area contributed by atoms with Crippen molar-refractivity contribution in [3.63, 3.8) is 0 Å². The fourth-order valence-corrected chi connectivity index (χ4v) is 2.22. The van der Waals surface area contributed by atoms with Crippen LogP contribution in [0.1, 0.15) is 27.2 Å². The normalized spacial score (nSPS) is 20.9. The minimum absolute atomic E-state index is 0.138. The highest BCUT2D eigenvalue weighted by atomic mass is 16.6. The minimum Gasteiger partial charge on any atom is -0.459 e. The van der Waals surface area contributed by atoms with Crippen LogP contribution in [0, 0.1) is 0 Å². The summed E-state index contributed by atoms with van der Waals surface area (Å²) in [5.74, 6) is -0.138. The van der Waals surface area contributed by atoms with Gasteiger partial charge in [0, 0.05) is 39.3 Å². The first kappa shape index (κ1) is 18.4. The van der Waals surface area contributed by atoms with Gasteiger partial charge in [-0.2, -0.15) is 0 Å². The molecule has 1 saturated heterocycles. The second kappa shape index (κ2) is 10.1. The van der Waals surface area contributed by atoms with Gasteiger partial charge in [0.1, 0.15) is 5.60 Å². The Balaban J connectivity index is 2.37. The molecule has 0 spiro atoms. The van der Waals surface area contributed by atoms with Crippen molar-refractivity contribution < 1.29 is 9.53 Å². The number of nitrogens with zero attached hydrogens (tertiary/aromatic N) is 1. The molecule has 0 aromatic carbocycles. The van der Waals surface area contributed by atoms with Crippen LogP contribution < -0.4 is 16.0 Å². The third-order valence-corrected chi connectivity index (χ3v) is 3.16. The largest absolute Gasteiger partial charge is 0.459 e. The average molecular weight is 300 g/mol. The molecule has 1 aliphatic heterocycles. The lowest BCUT2D eigenvalue weighted by Crippen LogP contribution is -2.40. The number of rotatable bonds is 2. The molecule has 0 aromatic rings. The molecule has 0 amide bonds. The lowest BCUT2D eigenvalue weighted by Gasteiger charge is -2.25. The van der Waals surface area contributed by atoms with Gasteiger partial charge in [-0.25, -0.2) is 0 Å². The molecule has 1 heterocycles. The Morgan fingerprint density at radius 2 is 1.52 bits per heavy atom. The van der Waals surface area contributed by atoms with E-state index in [-0.39, 0.29) is 5.97 Å². The topological polar surface area (TPSA) is 65.6 Å². The van der Waals surface area contributed by atoms with Gasteiger partial charge in [-0.05, 0) is 40.3 Å². The van der Waals surface area contributed by atoms with Crippen molar-refractivity contribution in [3.05, 3.63) is 0 Å². The summed E-state index contributed by atoms with van der Waals surface area (Å²) in [7, 11) is 0. The summed E-state index contributed by atoms with van der Waals surface area (Å²) in [5, 5.41) is 10.2. The van der Waals surface area contributed by atoms with E-state index in [1.54, 1.807) is 0 Å². The van der Waals surface area contributed by atoms with Crippen LogP contribution in [0.25, 0.3) is 0 Å². The number of hydrogen-bond donors (Lipinski definition) is 3. The second-order valence-corrected chi connectivity index (χ2v) is 6.47. The molecule has 0 aliphatic carbocycles. The summed E-state index contributed by atoms with van der Waals surface area (Å²) >= 11 is 0. The fraction of sp³-hybridized carbons (Fsp3) is 0.933. The van der Waals surface area contributed by atoms with Gasteiger partial charge in [0.15, 0.2) is 0 Å². The zero-order valence-corrected chi connectivity index (χ0v) is 13.8. The van der Waals surface area contributed by atoms with Crippen LogP contribution in [-0.2, 0) is 9.53 Å². The van der Waals surface area contributed by atoms with Gasteiger partial charge in [0.05, 0.1) is 6.54 Å². The standard InChI is InChI=1S/C15H32N4O2/c1-15(2,3)21-14(20)13-19-11-4-5-16-6-7-17-8-9-18-10-12-19/h16-18H,4-13H2,1-3H3. The first-order valence-corrected chi connectivity index (χ1v) is 8.04. The molecule has 3 N–H and O–H groups in total. The molecule has 1 fully saturated rings. The van der Waals surface area contributed by atoms with Crippen LogP contribution in [0.2, 0.25) is 0 Å². The molecule has 0 atom stereocenters. The third-order valence-electron chi connectivity index (χ3n) is 3.16. The van der Waals surface area contributed by atoms with Crippen molar-refractivity contribution in [2.24, 2.45) is 0 Å². The van der Waals surface area contributed by atoms with Gasteiger partial charge in [-0.15, -0.1) is 0 Å². The Labute approximate surface area is 129 Å². The van der Waals surface area contributed by atoms with Crippen LogP contribution in [-0.4, -0.2) is 75.4 Å². The molecular formula is C15H32N4O2. The van der Waals surface area contributed by atoms with Gasteiger partial charge in [0.25, 0.3) is 0 Å². The summed E-state index contributed by atoms with van der Waals surface area (Å²) in [4.78, 5) is 14.1. The predicted molar refractivity (Wildman–Crippen MR) is 85.5 cm³/mol. The van der Waals surface area contributed by atoms with E-state index < -0.39 is 5.60 Å². The van der Waals surface area contributed by atoms with E-state index >= 15 is 0 Å². The Bertz CT molecular complexity index is 278. The maximum atomic E-state index is 11.9. The first-order chi connectivity index (χ1) is 9.97. The summed E-state index contributed by atoms with van der Waals surface area (Å²) in [5.41, 5.74) is -0.410. The zero-order chi connectivity index (χ0) is 15.6. The first-order valence-electron chi connectivity index (χ1n) is 8.04. The van der Waals surface area contributed by atoms with Crippen molar-refractivity contribution in [1.29, 1.82) is 0 Å². The second-order valence-electron chi connectivity index (χ2n) is 6.47. The molecule has 0 bridgehead atoms. The van der Waals surface area contributed by atoms with Crippen molar-refractivity contribution in [2.75, 3.05) is 58.9 Å². The molecular weight excluding hydrogens is 268 g/mol. The van der Waals surface area contributed by atoms with Crippen LogP contribution in [0.15, 0.2) is 0 Å². The van der Waals surface area contributed by atoms with Gasteiger partial charge in [0.2, 0.25) is 0 Å². The van der Waals surface area contributed by atoms with Crippen molar-refractivity contribution in [3.8, 4) is 0 Å². The molecule has 21 heavy (non-hydrogen) atoms. The lowest BCUT2D eigenvalue weighted by atomic mass is 10.2. The van der Waals surface area contributed by atoms with E-state index in [1.807, 2.05) is 20.8 Å². The third kappa shape index (κ3) is 10.6. The molecule has 124 valence electrons. The maximum Gasteiger partial charge on any atom is 0.320 e. The van der Waals surface area contributed by atoms with Crippen molar-refractivity contribution in [2.45, 2.75) is 32.8 Å².